The fraction of sp³-hybridized carbons (Fsp3) is 0.379. The third kappa shape index (κ3) is 7.97. The number of hydrogen-bond donors (Lipinski definition) is 4. The minimum Gasteiger partial charge on any atom is -0.480 e. The number of carbonyl (C=O) groups excluding carboxylic acids is 1. The number of aliphatic carboxylic acids is 1. The van der Waals surface area contributed by atoms with Crippen LogP contribution in [0.3, 0.4) is 0 Å². The van der Waals surface area contributed by atoms with E-state index in [4.69, 9.17) is 5.73 Å². The number of nitrogens with one attached hydrogen (secondary N) is 2. The first-order valence-electron chi connectivity index (χ1n) is 12.6. The van der Waals surface area contributed by atoms with Crippen LogP contribution in [0.4, 0.5) is 8.78 Å². The fourth-order valence-corrected chi connectivity index (χ4v) is 4.47. The topological polar surface area (TPSA) is 109 Å². The van der Waals surface area contributed by atoms with Crippen LogP contribution in [0.15, 0.2) is 60.8 Å². The van der Waals surface area contributed by atoms with Gasteiger partial charge in [0.25, 0.3) is 0 Å². The number of aromatic nitrogens is 1. The summed E-state index contributed by atoms with van der Waals surface area (Å²) in [6.07, 6.45) is 2.17. The Balaban J connectivity index is 1.84. The molecule has 0 spiro atoms. The molecule has 0 fully saturated rings. The molecule has 3 aromatic rings. The molecule has 0 bridgehead atoms. The number of halogens is 2. The highest BCUT2D eigenvalue weighted by molar-refractivity contribution is 5.83. The number of carbonyl (C=O) groups is 2. The maximum absolute atomic E-state index is 14.7. The zero-order chi connectivity index (χ0) is 27.9. The monoisotopic (exact) mass is 526 g/mol. The Hall–Kier alpha value is -3.56. The van der Waals surface area contributed by atoms with Crippen molar-refractivity contribution < 1.29 is 23.5 Å². The number of benzene rings is 2. The van der Waals surface area contributed by atoms with E-state index in [1.165, 1.54) is 6.07 Å². The van der Waals surface area contributed by atoms with Crippen molar-refractivity contribution in [3.63, 3.8) is 0 Å². The standard InChI is InChI=1S/C29H36F2N4O3/c1-29(2,3)27(34-13-7-12-33-24(28(37)38)16-26(32)36)25-14-20(22-15-21(30)10-11-23(22)31)18-35(25)17-19-8-5-4-6-9-19/h4-6,8-11,14-15,18,24,27,33-34H,7,12-13,16-17H2,1-3H3,(H2,32,36)(H,37,38)/t24-,27-/m0/s1. The van der Waals surface area contributed by atoms with Gasteiger partial charge in [-0.25, -0.2) is 8.78 Å². The van der Waals surface area contributed by atoms with E-state index in [1.807, 2.05) is 42.6 Å². The molecule has 204 valence electrons. The Morgan fingerprint density at radius 1 is 1.03 bits per heavy atom. The van der Waals surface area contributed by atoms with Gasteiger partial charge in [0.1, 0.15) is 17.7 Å². The molecule has 0 unspecified atom stereocenters. The predicted octanol–water partition coefficient (Wildman–Crippen LogP) is 4.47. The molecule has 0 aliphatic heterocycles. The molecule has 2 atom stereocenters. The smallest absolute Gasteiger partial charge is 0.321 e. The first-order valence-corrected chi connectivity index (χ1v) is 12.6. The van der Waals surface area contributed by atoms with E-state index in [1.54, 1.807) is 0 Å². The Labute approximate surface area is 222 Å². The summed E-state index contributed by atoms with van der Waals surface area (Å²) < 4.78 is 30.7. The molecule has 0 radical (unpaired) electrons. The molecule has 38 heavy (non-hydrogen) atoms. The molecule has 1 heterocycles. The average Bonchev–Trinajstić information content (AvgIpc) is 3.24. The van der Waals surface area contributed by atoms with Gasteiger partial charge < -0.3 is 26.0 Å². The molecule has 9 heteroatoms. The van der Waals surface area contributed by atoms with E-state index in [0.29, 0.717) is 31.6 Å². The average molecular weight is 527 g/mol. The second-order valence-electron chi connectivity index (χ2n) is 10.5. The van der Waals surface area contributed by atoms with Crippen molar-refractivity contribution in [1.82, 2.24) is 15.2 Å². The number of amides is 1. The summed E-state index contributed by atoms with van der Waals surface area (Å²) in [4.78, 5) is 22.5. The van der Waals surface area contributed by atoms with Crippen LogP contribution >= 0.6 is 0 Å². The van der Waals surface area contributed by atoms with Gasteiger partial charge in [-0.15, -0.1) is 0 Å². The maximum atomic E-state index is 14.7. The summed E-state index contributed by atoms with van der Waals surface area (Å²) in [7, 11) is 0. The van der Waals surface area contributed by atoms with Crippen molar-refractivity contribution in [3.8, 4) is 11.1 Å². The second kappa shape index (κ2) is 12.8. The summed E-state index contributed by atoms with van der Waals surface area (Å²) in [5.41, 5.74) is 7.68. The molecule has 1 aromatic heterocycles. The molecule has 0 aliphatic rings. The van der Waals surface area contributed by atoms with Crippen LogP contribution in [0.1, 0.15) is 50.9 Å². The molecule has 1 amide bonds. The SMILES string of the molecule is CC(C)(C)[C@@H](NCCCN[C@@H](CC(N)=O)C(=O)O)c1cc(-c2cc(F)ccc2F)cn1Cc1ccccc1. The first kappa shape index (κ1) is 29.0. The van der Waals surface area contributed by atoms with E-state index in [2.05, 4.69) is 36.0 Å². The number of nitrogens with zero attached hydrogens (tertiary/aromatic N) is 1. The van der Waals surface area contributed by atoms with E-state index < -0.39 is 29.6 Å². The minimum atomic E-state index is -1.12. The van der Waals surface area contributed by atoms with Crippen LogP contribution in [-0.4, -0.2) is 40.7 Å². The molecule has 0 saturated carbocycles. The normalized spacial score (nSPS) is 13.3. The van der Waals surface area contributed by atoms with Crippen LogP contribution in [0.5, 0.6) is 0 Å². The van der Waals surface area contributed by atoms with E-state index in [0.717, 1.165) is 23.4 Å². The van der Waals surface area contributed by atoms with E-state index >= 15 is 0 Å². The highest BCUT2D eigenvalue weighted by atomic mass is 19.1. The maximum Gasteiger partial charge on any atom is 0.321 e. The molecule has 0 saturated heterocycles. The largest absolute Gasteiger partial charge is 0.480 e. The van der Waals surface area contributed by atoms with Crippen molar-refractivity contribution in [1.29, 1.82) is 0 Å². The van der Waals surface area contributed by atoms with Gasteiger partial charge in [0, 0.05) is 29.6 Å². The summed E-state index contributed by atoms with van der Waals surface area (Å²) in [5, 5.41) is 15.7. The Kier molecular flexibility index (Phi) is 9.77. The van der Waals surface area contributed by atoms with E-state index in [-0.39, 0.29) is 23.4 Å². The number of carboxylic acid groups (broad SMARTS) is 1. The van der Waals surface area contributed by atoms with E-state index in [9.17, 15) is 23.5 Å². The van der Waals surface area contributed by atoms with Crippen molar-refractivity contribution in [2.75, 3.05) is 13.1 Å². The summed E-state index contributed by atoms with van der Waals surface area (Å²) in [6.45, 7) is 7.77. The molecular weight excluding hydrogens is 490 g/mol. The number of nitrogens with two attached hydrogens (primary N) is 1. The van der Waals surface area contributed by atoms with Gasteiger partial charge >= 0.3 is 5.97 Å². The number of primary amides is 1. The second-order valence-corrected chi connectivity index (χ2v) is 10.5. The third-order valence-electron chi connectivity index (χ3n) is 6.32. The Morgan fingerprint density at radius 2 is 1.71 bits per heavy atom. The summed E-state index contributed by atoms with van der Waals surface area (Å²) in [5.74, 6) is -2.81. The van der Waals surface area contributed by atoms with Gasteiger partial charge in [-0.2, -0.15) is 0 Å². The minimum absolute atomic E-state index is 0.155. The lowest BCUT2D eigenvalue weighted by molar-refractivity contribution is -0.141. The van der Waals surface area contributed by atoms with Gasteiger partial charge in [0.2, 0.25) is 5.91 Å². The van der Waals surface area contributed by atoms with Gasteiger partial charge in [-0.3, -0.25) is 9.59 Å². The summed E-state index contributed by atoms with van der Waals surface area (Å²) in [6, 6.07) is 14.1. The molecule has 5 N–H and O–H groups in total. The van der Waals surface area contributed by atoms with Crippen molar-refractivity contribution in [3.05, 3.63) is 83.7 Å². The van der Waals surface area contributed by atoms with Crippen LogP contribution < -0.4 is 16.4 Å². The predicted molar refractivity (Wildman–Crippen MR) is 143 cm³/mol. The third-order valence-corrected chi connectivity index (χ3v) is 6.32. The quantitative estimate of drug-likeness (QED) is 0.246. The Morgan fingerprint density at radius 3 is 2.34 bits per heavy atom. The molecule has 3 rings (SSSR count). The number of hydrogen-bond acceptors (Lipinski definition) is 4. The van der Waals surface area contributed by atoms with Gasteiger partial charge in [-0.1, -0.05) is 51.1 Å². The first-order chi connectivity index (χ1) is 18.0. The van der Waals surface area contributed by atoms with Crippen molar-refractivity contribution >= 4 is 11.9 Å². The van der Waals surface area contributed by atoms with Crippen LogP contribution in [0.25, 0.3) is 11.1 Å². The number of carboxylic acids is 1. The van der Waals surface area contributed by atoms with Crippen molar-refractivity contribution in [2.45, 2.75) is 52.2 Å². The Bertz CT molecular complexity index is 1240. The zero-order valence-corrected chi connectivity index (χ0v) is 22.0. The highest BCUT2D eigenvalue weighted by Gasteiger charge is 2.29. The van der Waals surface area contributed by atoms with Crippen LogP contribution in [-0.2, 0) is 16.1 Å². The highest BCUT2D eigenvalue weighted by Crippen LogP contribution is 2.37. The number of rotatable bonds is 13. The molecule has 2 aromatic carbocycles. The lowest BCUT2D eigenvalue weighted by Gasteiger charge is -2.33. The van der Waals surface area contributed by atoms with Gasteiger partial charge in [0.05, 0.1) is 12.5 Å². The summed E-state index contributed by atoms with van der Waals surface area (Å²) >= 11 is 0. The van der Waals surface area contributed by atoms with Crippen molar-refractivity contribution in [2.24, 2.45) is 11.1 Å². The van der Waals surface area contributed by atoms with Gasteiger partial charge in [0.15, 0.2) is 0 Å². The fourth-order valence-electron chi connectivity index (χ4n) is 4.47. The zero-order valence-electron chi connectivity index (χ0n) is 22.0. The van der Waals surface area contributed by atoms with Crippen LogP contribution in [0, 0.1) is 17.0 Å². The molecule has 7 nitrogen and oxygen atoms in total. The van der Waals surface area contributed by atoms with Crippen LogP contribution in [0.2, 0.25) is 0 Å². The molecule has 0 aliphatic carbocycles. The molecular formula is C29H36F2N4O3. The lowest BCUT2D eigenvalue weighted by atomic mass is 9.84. The lowest BCUT2D eigenvalue weighted by Crippen LogP contribution is -2.41. The van der Waals surface area contributed by atoms with Gasteiger partial charge in [-0.05, 0) is 54.8 Å².